The normalized spacial score (nSPS) is 61.7. The van der Waals surface area contributed by atoms with Crippen molar-refractivity contribution in [2.24, 2.45) is 45.3 Å². The molecule has 8 atom stereocenters. The number of hydrogen-bond acceptors (Lipinski definition) is 3. The smallest absolute Gasteiger partial charge is 0.0552 e. The van der Waals surface area contributed by atoms with Gasteiger partial charge in [0.15, 0.2) is 0 Å². The van der Waals surface area contributed by atoms with Crippen LogP contribution in [0.1, 0.15) is 58.8 Å². The number of aliphatic hydroxyl groups excluding tert-OH is 3. The third-order valence-corrected chi connectivity index (χ3v) is 9.87. The van der Waals surface area contributed by atoms with Gasteiger partial charge in [-0.1, -0.05) is 13.8 Å². The van der Waals surface area contributed by atoms with Crippen molar-refractivity contribution < 1.29 is 15.3 Å². The molecule has 4 bridgehead atoms. The van der Waals surface area contributed by atoms with Gasteiger partial charge in [-0.05, 0) is 84.9 Å². The summed E-state index contributed by atoms with van der Waals surface area (Å²) in [5, 5.41) is 30.8. The van der Waals surface area contributed by atoms with Crippen LogP contribution in [-0.4, -0.2) is 34.6 Å². The van der Waals surface area contributed by atoms with Gasteiger partial charge in [0.2, 0.25) is 0 Å². The predicted octanol–water partition coefficient (Wildman–Crippen LogP) is 2.58. The first-order chi connectivity index (χ1) is 10.8. The molecule has 23 heavy (non-hydrogen) atoms. The second-order valence-corrected chi connectivity index (χ2v) is 10.6. The summed E-state index contributed by atoms with van der Waals surface area (Å²) in [6.07, 6.45) is 7.67. The SMILES string of the molecule is C[C@]12C[C@H](O)CC(CO)(CO)C1CC[C@@]13C[C@@H]4C(CC12)[C@]4(C)C3. The molecule has 3 unspecified atom stereocenters. The Bertz CT molecular complexity index is 543. The average Bonchev–Trinajstić information content (AvgIpc) is 2.96. The van der Waals surface area contributed by atoms with E-state index in [9.17, 15) is 15.3 Å². The zero-order chi connectivity index (χ0) is 16.3. The summed E-state index contributed by atoms with van der Waals surface area (Å²) in [5.74, 6) is 2.96. The Morgan fingerprint density at radius 1 is 0.913 bits per heavy atom. The van der Waals surface area contributed by atoms with E-state index in [1.807, 2.05) is 0 Å². The summed E-state index contributed by atoms with van der Waals surface area (Å²) in [6.45, 7) is 4.95. The summed E-state index contributed by atoms with van der Waals surface area (Å²) in [4.78, 5) is 0. The highest BCUT2D eigenvalue weighted by Crippen LogP contribution is 2.85. The van der Waals surface area contributed by atoms with Crippen LogP contribution < -0.4 is 0 Å². The molecule has 0 radical (unpaired) electrons. The van der Waals surface area contributed by atoms with Gasteiger partial charge in [-0.3, -0.25) is 0 Å². The highest BCUT2D eigenvalue weighted by atomic mass is 16.3. The van der Waals surface area contributed by atoms with Crippen molar-refractivity contribution in [1.29, 1.82) is 0 Å². The van der Waals surface area contributed by atoms with Crippen LogP contribution in [0.5, 0.6) is 0 Å². The molecule has 0 saturated heterocycles. The van der Waals surface area contributed by atoms with Gasteiger partial charge < -0.3 is 15.3 Å². The van der Waals surface area contributed by atoms with E-state index in [4.69, 9.17) is 0 Å². The maximum atomic E-state index is 10.6. The van der Waals surface area contributed by atoms with E-state index in [-0.39, 0.29) is 24.7 Å². The number of rotatable bonds is 2. The van der Waals surface area contributed by atoms with Gasteiger partial charge in [0.05, 0.1) is 19.3 Å². The van der Waals surface area contributed by atoms with Gasteiger partial charge >= 0.3 is 0 Å². The molecular weight excluding hydrogens is 288 g/mol. The fourth-order valence-corrected chi connectivity index (χ4v) is 9.09. The molecule has 3 N–H and O–H groups in total. The van der Waals surface area contributed by atoms with E-state index in [2.05, 4.69) is 13.8 Å². The van der Waals surface area contributed by atoms with Crippen LogP contribution in [0, 0.1) is 45.3 Å². The fourth-order valence-electron chi connectivity index (χ4n) is 9.09. The summed E-state index contributed by atoms with van der Waals surface area (Å²) in [5.41, 5.74) is 0.767. The zero-order valence-electron chi connectivity index (χ0n) is 14.6. The summed E-state index contributed by atoms with van der Waals surface area (Å²) in [6, 6.07) is 0. The van der Waals surface area contributed by atoms with E-state index in [1.165, 1.54) is 25.7 Å². The Morgan fingerprint density at radius 3 is 2.26 bits per heavy atom. The lowest BCUT2D eigenvalue weighted by Crippen LogP contribution is -2.62. The lowest BCUT2D eigenvalue weighted by atomic mass is 9.39. The van der Waals surface area contributed by atoms with Crippen LogP contribution in [-0.2, 0) is 0 Å². The third-order valence-electron chi connectivity index (χ3n) is 9.87. The van der Waals surface area contributed by atoms with Crippen LogP contribution in [0.3, 0.4) is 0 Å². The fraction of sp³-hybridized carbons (Fsp3) is 1.00. The number of aliphatic hydroxyl groups is 3. The molecule has 0 amide bonds. The van der Waals surface area contributed by atoms with E-state index in [1.54, 1.807) is 0 Å². The lowest BCUT2D eigenvalue weighted by molar-refractivity contribution is -0.209. The molecule has 130 valence electrons. The maximum absolute atomic E-state index is 10.6. The third kappa shape index (κ3) is 1.54. The van der Waals surface area contributed by atoms with Crippen molar-refractivity contribution in [3.05, 3.63) is 0 Å². The molecule has 6 aliphatic rings. The summed E-state index contributed by atoms with van der Waals surface area (Å²) < 4.78 is 0. The van der Waals surface area contributed by atoms with Crippen LogP contribution in [0.15, 0.2) is 0 Å². The molecule has 3 heteroatoms. The summed E-state index contributed by atoms with van der Waals surface area (Å²) >= 11 is 0. The molecule has 1 spiro atoms. The average molecular weight is 320 g/mol. The number of hydrogen-bond donors (Lipinski definition) is 3. The number of fused-ring (bicyclic) bond motifs is 1. The van der Waals surface area contributed by atoms with E-state index in [0.717, 1.165) is 24.7 Å². The van der Waals surface area contributed by atoms with Gasteiger partial charge in [-0.25, -0.2) is 0 Å². The monoisotopic (exact) mass is 320 g/mol. The molecule has 6 rings (SSSR count). The van der Waals surface area contributed by atoms with Gasteiger partial charge in [0, 0.05) is 5.41 Å². The van der Waals surface area contributed by atoms with E-state index < -0.39 is 5.41 Å². The Balaban J connectivity index is 1.56. The van der Waals surface area contributed by atoms with Crippen LogP contribution in [0.2, 0.25) is 0 Å². The predicted molar refractivity (Wildman–Crippen MR) is 87.5 cm³/mol. The first-order valence-corrected chi connectivity index (χ1v) is 9.73. The quantitative estimate of drug-likeness (QED) is 0.733. The molecule has 0 aromatic heterocycles. The second kappa shape index (κ2) is 4.16. The van der Waals surface area contributed by atoms with Crippen molar-refractivity contribution in [3.63, 3.8) is 0 Å². The Hall–Kier alpha value is -0.120. The van der Waals surface area contributed by atoms with Crippen molar-refractivity contribution in [3.8, 4) is 0 Å². The Kier molecular flexibility index (Phi) is 2.74. The van der Waals surface area contributed by atoms with Gasteiger partial charge in [0.1, 0.15) is 0 Å². The maximum Gasteiger partial charge on any atom is 0.0552 e. The molecule has 6 aliphatic carbocycles. The van der Waals surface area contributed by atoms with Gasteiger partial charge in [-0.2, -0.15) is 0 Å². The molecule has 0 aromatic carbocycles. The van der Waals surface area contributed by atoms with Gasteiger partial charge in [0.25, 0.3) is 0 Å². The van der Waals surface area contributed by atoms with Crippen LogP contribution >= 0.6 is 0 Å². The first kappa shape index (κ1) is 15.2. The highest BCUT2D eigenvalue weighted by Gasteiger charge is 2.78. The minimum atomic E-state index is -0.471. The molecule has 6 fully saturated rings. The first-order valence-electron chi connectivity index (χ1n) is 9.73. The minimum Gasteiger partial charge on any atom is -0.396 e. The molecule has 6 saturated carbocycles. The van der Waals surface area contributed by atoms with Crippen molar-refractivity contribution in [2.45, 2.75) is 64.9 Å². The van der Waals surface area contributed by atoms with E-state index in [0.29, 0.717) is 29.1 Å². The zero-order valence-corrected chi connectivity index (χ0v) is 14.6. The standard InChI is InChI=1S/C20H32O3/c1-17-6-12(23)7-20(10-21,11-22)15(17)3-4-19-8-14-13(5-16(17)19)18(14,2)9-19/h12-16,21-23H,3-11H2,1-2H3/t12-,13?,14+,15?,16?,17-,18-,19-/m0/s1. The highest BCUT2D eigenvalue weighted by molar-refractivity contribution is 5.27. The van der Waals surface area contributed by atoms with Crippen LogP contribution in [0.25, 0.3) is 0 Å². The minimum absolute atomic E-state index is 0.0182. The summed E-state index contributed by atoms with van der Waals surface area (Å²) in [7, 11) is 0. The molecule has 0 heterocycles. The molecule has 0 aromatic rings. The van der Waals surface area contributed by atoms with E-state index >= 15 is 0 Å². The Labute approximate surface area is 139 Å². The molecular formula is C20H32O3. The van der Waals surface area contributed by atoms with Crippen LogP contribution in [0.4, 0.5) is 0 Å². The molecule has 3 nitrogen and oxygen atoms in total. The second-order valence-electron chi connectivity index (χ2n) is 10.6. The molecule has 0 aliphatic heterocycles. The largest absolute Gasteiger partial charge is 0.396 e. The lowest BCUT2D eigenvalue weighted by Gasteiger charge is -2.66. The van der Waals surface area contributed by atoms with Crippen molar-refractivity contribution >= 4 is 0 Å². The van der Waals surface area contributed by atoms with Gasteiger partial charge in [-0.15, -0.1) is 0 Å². The van der Waals surface area contributed by atoms with Crippen molar-refractivity contribution in [2.75, 3.05) is 13.2 Å². The topological polar surface area (TPSA) is 60.7 Å². The Morgan fingerprint density at radius 2 is 1.65 bits per heavy atom. The van der Waals surface area contributed by atoms with Crippen molar-refractivity contribution in [1.82, 2.24) is 0 Å².